The molecule has 0 bridgehead atoms. The average Bonchev–Trinajstić information content (AvgIpc) is 3.09. The Hall–Kier alpha value is -2.36. The quantitative estimate of drug-likeness (QED) is 0.503. The van der Waals surface area contributed by atoms with E-state index in [1.165, 1.54) is 12.1 Å². The number of hydrogen-bond acceptors (Lipinski definition) is 2. The highest BCUT2D eigenvalue weighted by atomic mass is 35.5. The lowest BCUT2D eigenvalue weighted by atomic mass is 9.98. The van der Waals surface area contributed by atoms with Crippen LogP contribution < -0.4 is 5.01 Å². The van der Waals surface area contributed by atoms with Crippen LogP contribution in [0, 0.1) is 5.82 Å². The molecule has 1 atom stereocenters. The van der Waals surface area contributed by atoms with Crippen molar-refractivity contribution in [3.63, 3.8) is 0 Å². The molecule has 0 amide bonds. The van der Waals surface area contributed by atoms with Gasteiger partial charge in [0.1, 0.15) is 5.82 Å². The molecule has 0 aliphatic carbocycles. The van der Waals surface area contributed by atoms with Crippen molar-refractivity contribution in [2.24, 2.45) is 5.10 Å². The van der Waals surface area contributed by atoms with Gasteiger partial charge in [-0.3, -0.25) is 5.01 Å². The van der Waals surface area contributed by atoms with Gasteiger partial charge in [0.25, 0.3) is 0 Å². The van der Waals surface area contributed by atoms with Gasteiger partial charge in [0.05, 0.1) is 17.4 Å². The molecule has 26 heavy (non-hydrogen) atoms. The van der Waals surface area contributed by atoms with Gasteiger partial charge >= 0.3 is 0 Å². The highest BCUT2D eigenvalue weighted by Crippen LogP contribution is 2.37. The fourth-order valence-corrected chi connectivity index (χ4v) is 3.36. The monoisotopic (exact) mass is 384 g/mol. The van der Waals surface area contributed by atoms with E-state index in [4.69, 9.17) is 28.3 Å². The van der Waals surface area contributed by atoms with E-state index in [1.54, 1.807) is 0 Å². The summed E-state index contributed by atoms with van der Waals surface area (Å²) >= 11 is 12.0. The lowest BCUT2D eigenvalue weighted by Crippen LogP contribution is -2.18. The van der Waals surface area contributed by atoms with Gasteiger partial charge in [-0.2, -0.15) is 5.10 Å². The summed E-state index contributed by atoms with van der Waals surface area (Å²) in [7, 11) is 0. The lowest BCUT2D eigenvalue weighted by molar-refractivity contribution is 0.624. The summed E-state index contributed by atoms with van der Waals surface area (Å²) in [6.45, 7) is 0. The first-order valence-corrected chi connectivity index (χ1v) is 8.99. The van der Waals surface area contributed by atoms with E-state index >= 15 is 0 Å². The molecule has 5 heteroatoms. The fourth-order valence-electron chi connectivity index (χ4n) is 3.10. The molecule has 0 N–H and O–H groups in total. The van der Waals surface area contributed by atoms with Gasteiger partial charge in [-0.15, -0.1) is 0 Å². The summed E-state index contributed by atoms with van der Waals surface area (Å²) < 4.78 is 13.3. The number of hydrogen-bond donors (Lipinski definition) is 0. The first-order chi connectivity index (χ1) is 12.6. The minimum atomic E-state index is -0.247. The summed E-state index contributed by atoms with van der Waals surface area (Å²) in [4.78, 5) is 0. The smallest absolute Gasteiger partial charge is 0.123 e. The van der Waals surface area contributed by atoms with E-state index in [0.717, 1.165) is 28.9 Å². The number of rotatable bonds is 3. The molecule has 0 unspecified atom stereocenters. The number of nitrogens with zero attached hydrogens (tertiary/aromatic N) is 2. The number of benzene rings is 3. The van der Waals surface area contributed by atoms with Gasteiger partial charge in [0.15, 0.2) is 0 Å². The number of hydrazone groups is 1. The Morgan fingerprint density at radius 2 is 1.38 bits per heavy atom. The van der Waals surface area contributed by atoms with E-state index in [2.05, 4.69) is 0 Å². The predicted molar refractivity (Wildman–Crippen MR) is 106 cm³/mol. The van der Waals surface area contributed by atoms with Gasteiger partial charge in [-0.05, 0) is 59.7 Å². The van der Waals surface area contributed by atoms with Crippen molar-refractivity contribution in [3.05, 3.63) is 99.8 Å². The second-order valence-corrected chi connectivity index (χ2v) is 7.02. The van der Waals surface area contributed by atoms with Crippen molar-refractivity contribution >= 4 is 34.6 Å². The molecular formula is C21H15Cl2FN2. The number of halogens is 3. The normalized spacial score (nSPS) is 16.7. The minimum absolute atomic E-state index is 0.0116. The van der Waals surface area contributed by atoms with Crippen molar-refractivity contribution in [2.75, 3.05) is 5.01 Å². The van der Waals surface area contributed by atoms with E-state index in [9.17, 15) is 4.39 Å². The van der Waals surface area contributed by atoms with Crippen LogP contribution in [0.5, 0.6) is 0 Å². The van der Waals surface area contributed by atoms with Crippen LogP contribution in [-0.4, -0.2) is 5.71 Å². The van der Waals surface area contributed by atoms with Crippen molar-refractivity contribution in [1.29, 1.82) is 0 Å². The molecule has 0 spiro atoms. The molecule has 0 aromatic heterocycles. The van der Waals surface area contributed by atoms with Crippen LogP contribution in [-0.2, 0) is 0 Å². The van der Waals surface area contributed by atoms with Crippen LogP contribution in [0.15, 0.2) is 77.9 Å². The maximum absolute atomic E-state index is 13.3. The molecule has 4 rings (SSSR count). The fraction of sp³-hybridized carbons (Fsp3) is 0.0952. The molecule has 0 fully saturated rings. The van der Waals surface area contributed by atoms with Crippen LogP contribution in [0.1, 0.15) is 23.6 Å². The Morgan fingerprint density at radius 1 is 0.808 bits per heavy atom. The summed E-state index contributed by atoms with van der Waals surface area (Å²) in [5.41, 5.74) is 3.94. The van der Waals surface area contributed by atoms with Crippen LogP contribution in [0.4, 0.5) is 10.1 Å². The standard InChI is InChI=1S/C21H15Cl2FN2/c22-16-5-1-14(2-6-16)20-13-21(15-3-9-18(24)10-4-15)26(25-20)19-11-7-17(23)8-12-19/h1-12,21H,13H2/t21-/m0/s1. The zero-order valence-corrected chi connectivity index (χ0v) is 15.3. The summed E-state index contributed by atoms with van der Waals surface area (Å²) in [5, 5.41) is 8.17. The van der Waals surface area contributed by atoms with E-state index in [-0.39, 0.29) is 11.9 Å². The van der Waals surface area contributed by atoms with Gasteiger partial charge in [-0.25, -0.2) is 4.39 Å². The Bertz CT molecular complexity index is 935. The topological polar surface area (TPSA) is 15.6 Å². The predicted octanol–water partition coefficient (Wildman–Crippen LogP) is 6.49. The first-order valence-electron chi connectivity index (χ1n) is 8.24. The molecular weight excluding hydrogens is 370 g/mol. The summed E-state index contributed by atoms with van der Waals surface area (Å²) in [5.74, 6) is -0.247. The largest absolute Gasteiger partial charge is 0.257 e. The molecule has 3 aromatic carbocycles. The van der Waals surface area contributed by atoms with Crippen LogP contribution in [0.25, 0.3) is 0 Å². The zero-order valence-electron chi connectivity index (χ0n) is 13.7. The van der Waals surface area contributed by atoms with Crippen LogP contribution in [0.3, 0.4) is 0 Å². The summed E-state index contributed by atoms with van der Waals surface area (Å²) in [6.07, 6.45) is 0.718. The highest BCUT2D eigenvalue weighted by Gasteiger charge is 2.29. The Labute approximate surface area is 161 Å². The Balaban J connectivity index is 1.74. The molecule has 1 heterocycles. The maximum Gasteiger partial charge on any atom is 0.123 e. The minimum Gasteiger partial charge on any atom is -0.257 e. The zero-order chi connectivity index (χ0) is 18.1. The van der Waals surface area contributed by atoms with Crippen molar-refractivity contribution in [3.8, 4) is 0 Å². The van der Waals surface area contributed by atoms with Crippen molar-refractivity contribution in [1.82, 2.24) is 0 Å². The second kappa shape index (κ2) is 7.10. The SMILES string of the molecule is Fc1ccc([C@@H]2CC(c3ccc(Cl)cc3)=NN2c2ccc(Cl)cc2)cc1. The van der Waals surface area contributed by atoms with E-state index < -0.39 is 0 Å². The molecule has 0 radical (unpaired) electrons. The maximum atomic E-state index is 13.3. The van der Waals surface area contributed by atoms with Gasteiger partial charge in [0.2, 0.25) is 0 Å². The number of anilines is 1. The van der Waals surface area contributed by atoms with Crippen molar-refractivity contribution < 1.29 is 4.39 Å². The molecule has 1 aliphatic rings. The van der Waals surface area contributed by atoms with E-state index in [1.807, 2.05) is 65.7 Å². The van der Waals surface area contributed by atoms with Gasteiger partial charge < -0.3 is 0 Å². The Kier molecular flexibility index (Phi) is 4.66. The lowest BCUT2D eigenvalue weighted by Gasteiger charge is -2.24. The third-order valence-corrected chi connectivity index (χ3v) is 4.94. The molecule has 3 aromatic rings. The van der Waals surface area contributed by atoms with Gasteiger partial charge in [0, 0.05) is 16.5 Å². The summed E-state index contributed by atoms with van der Waals surface area (Å²) in [6, 6.07) is 21.8. The highest BCUT2D eigenvalue weighted by molar-refractivity contribution is 6.31. The molecule has 0 saturated heterocycles. The molecule has 130 valence electrons. The van der Waals surface area contributed by atoms with Gasteiger partial charge in [-0.1, -0.05) is 47.5 Å². The van der Waals surface area contributed by atoms with Crippen LogP contribution in [0.2, 0.25) is 10.0 Å². The van der Waals surface area contributed by atoms with Crippen LogP contribution >= 0.6 is 23.2 Å². The first kappa shape index (κ1) is 17.1. The third-order valence-electron chi connectivity index (χ3n) is 4.43. The third kappa shape index (κ3) is 3.46. The molecule has 2 nitrogen and oxygen atoms in total. The average molecular weight is 385 g/mol. The molecule has 0 saturated carbocycles. The van der Waals surface area contributed by atoms with Crippen molar-refractivity contribution in [2.45, 2.75) is 12.5 Å². The molecule has 1 aliphatic heterocycles. The van der Waals surface area contributed by atoms with E-state index in [0.29, 0.717) is 10.0 Å². The Morgan fingerprint density at radius 3 is 2.00 bits per heavy atom. The second-order valence-electron chi connectivity index (χ2n) is 6.15.